The zero-order chi connectivity index (χ0) is 12.7. The van der Waals surface area contributed by atoms with Crippen LogP contribution in [0.2, 0.25) is 0 Å². The lowest BCUT2D eigenvalue weighted by molar-refractivity contribution is -0.0436. The van der Waals surface area contributed by atoms with Gasteiger partial charge in [-0.05, 0) is 48.9 Å². The Labute approximate surface area is 97.4 Å². The van der Waals surface area contributed by atoms with E-state index in [1.165, 1.54) is 6.07 Å². The molecule has 0 heterocycles. The normalized spacial score (nSPS) is 16.6. The van der Waals surface area contributed by atoms with Crippen LogP contribution >= 0.6 is 0 Å². The van der Waals surface area contributed by atoms with E-state index in [0.717, 1.165) is 30.5 Å². The fourth-order valence-corrected chi connectivity index (χ4v) is 2.66. The van der Waals surface area contributed by atoms with Gasteiger partial charge in [-0.3, -0.25) is 0 Å². The van der Waals surface area contributed by atoms with Crippen molar-refractivity contribution in [1.82, 2.24) is 0 Å². The molecule has 2 rings (SSSR count). The minimum atomic E-state index is -5.24. The molecule has 17 heavy (non-hydrogen) atoms. The van der Waals surface area contributed by atoms with Crippen LogP contribution in [0, 0.1) is 6.42 Å². The first-order valence-corrected chi connectivity index (χ1v) is 6.58. The first-order chi connectivity index (χ1) is 7.82. The Kier molecular flexibility index (Phi) is 2.93. The van der Waals surface area contributed by atoms with Crippen molar-refractivity contribution >= 4 is 9.84 Å². The predicted octanol–water partition coefficient (Wildman–Crippen LogP) is 2.87. The lowest BCUT2D eigenvalue weighted by Gasteiger charge is -2.16. The van der Waals surface area contributed by atoms with Gasteiger partial charge in [-0.15, -0.1) is 0 Å². The van der Waals surface area contributed by atoms with E-state index in [9.17, 15) is 21.6 Å². The zero-order valence-corrected chi connectivity index (χ0v) is 9.61. The number of fused-ring (bicyclic) bond motifs is 1. The summed E-state index contributed by atoms with van der Waals surface area (Å²) in [7, 11) is -5.22. The number of hydrogen-bond acceptors (Lipinski definition) is 2. The summed E-state index contributed by atoms with van der Waals surface area (Å²) in [5.41, 5.74) is -3.74. The highest BCUT2D eigenvalue weighted by Crippen LogP contribution is 2.32. The smallest absolute Gasteiger partial charge is 0.214 e. The van der Waals surface area contributed by atoms with Gasteiger partial charge < -0.3 is 0 Å². The molecule has 1 radical (unpaired) electrons. The predicted molar refractivity (Wildman–Crippen MR) is 56.0 cm³/mol. The molecule has 0 fully saturated rings. The Morgan fingerprint density at radius 1 is 1.18 bits per heavy atom. The van der Waals surface area contributed by atoms with Crippen molar-refractivity contribution < 1.29 is 21.6 Å². The monoisotopic (exact) mass is 263 g/mol. The molecular formula is C11H10F3O2S. The summed E-state index contributed by atoms with van der Waals surface area (Å²) in [6.07, 6.45) is 4.23. The van der Waals surface area contributed by atoms with E-state index in [4.69, 9.17) is 0 Å². The fourth-order valence-electron chi connectivity index (χ4n) is 1.85. The minimum Gasteiger partial charge on any atom is -0.214 e. The molecule has 1 aliphatic carbocycles. The van der Waals surface area contributed by atoms with Crippen molar-refractivity contribution in [3.05, 3.63) is 35.7 Å². The van der Waals surface area contributed by atoms with Crippen molar-refractivity contribution in [2.45, 2.75) is 29.7 Å². The average molecular weight is 263 g/mol. The van der Waals surface area contributed by atoms with Gasteiger partial charge in [0.1, 0.15) is 0 Å². The molecule has 0 N–H and O–H groups in total. The lowest BCUT2D eigenvalue weighted by Crippen LogP contribution is -2.23. The first-order valence-electron chi connectivity index (χ1n) is 5.10. The molecule has 1 aromatic rings. The molecule has 0 unspecified atom stereocenters. The molecule has 0 aromatic heterocycles. The molecule has 0 bridgehead atoms. The highest BCUT2D eigenvalue weighted by atomic mass is 32.2. The third kappa shape index (κ3) is 2.18. The maximum Gasteiger partial charge on any atom is 0.501 e. The van der Waals surface area contributed by atoms with Gasteiger partial charge in [0.05, 0.1) is 4.90 Å². The Bertz CT molecular complexity index is 532. The number of aryl methyl sites for hydroxylation is 1. The van der Waals surface area contributed by atoms with Gasteiger partial charge in [-0.1, -0.05) is 6.07 Å². The number of halogens is 3. The Morgan fingerprint density at radius 2 is 1.88 bits per heavy atom. The molecule has 6 heteroatoms. The third-order valence-corrected chi connectivity index (χ3v) is 4.23. The molecule has 1 aromatic carbocycles. The molecule has 0 saturated heterocycles. The van der Waals surface area contributed by atoms with E-state index >= 15 is 0 Å². The molecule has 93 valence electrons. The Morgan fingerprint density at radius 3 is 2.53 bits per heavy atom. The van der Waals surface area contributed by atoms with Crippen LogP contribution < -0.4 is 0 Å². The van der Waals surface area contributed by atoms with E-state index in [1.54, 1.807) is 0 Å². The van der Waals surface area contributed by atoms with E-state index in [0.29, 0.717) is 12.0 Å². The maximum atomic E-state index is 12.4. The quantitative estimate of drug-likeness (QED) is 0.780. The highest BCUT2D eigenvalue weighted by Gasteiger charge is 2.46. The second-order valence-corrected chi connectivity index (χ2v) is 5.85. The van der Waals surface area contributed by atoms with Crippen LogP contribution in [0.3, 0.4) is 0 Å². The van der Waals surface area contributed by atoms with Crippen LogP contribution in [0.25, 0.3) is 0 Å². The van der Waals surface area contributed by atoms with Crippen molar-refractivity contribution in [1.29, 1.82) is 0 Å². The largest absolute Gasteiger partial charge is 0.501 e. The number of benzene rings is 1. The van der Waals surface area contributed by atoms with E-state index < -0.39 is 20.2 Å². The second-order valence-electron chi connectivity index (χ2n) is 3.91. The summed E-state index contributed by atoms with van der Waals surface area (Å²) in [4.78, 5) is -0.668. The molecule has 0 amide bonds. The summed E-state index contributed by atoms with van der Waals surface area (Å²) >= 11 is 0. The van der Waals surface area contributed by atoms with E-state index in [-0.39, 0.29) is 0 Å². The number of hydrogen-bond donors (Lipinski definition) is 0. The molecule has 1 aliphatic rings. The van der Waals surface area contributed by atoms with Gasteiger partial charge in [0.25, 0.3) is 9.84 Å². The zero-order valence-electron chi connectivity index (χ0n) is 8.79. The molecule has 0 aliphatic heterocycles. The molecular weight excluding hydrogens is 253 g/mol. The Balaban J connectivity index is 2.48. The fraction of sp³-hybridized carbons (Fsp3) is 0.364. The van der Waals surface area contributed by atoms with Gasteiger partial charge in [-0.25, -0.2) is 8.42 Å². The Hall–Kier alpha value is -1.04. The maximum absolute atomic E-state index is 12.4. The lowest BCUT2D eigenvalue weighted by atomic mass is 9.92. The van der Waals surface area contributed by atoms with Crippen molar-refractivity contribution in [3.8, 4) is 0 Å². The SMILES string of the molecule is O=S(=O)(c1ccc2c(c1)CCC[CH]2)C(F)(F)F. The first kappa shape index (κ1) is 12.4. The van der Waals surface area contributed by atoms with Crippen molar-refractivity contribution in [2.75, 3.05) is 0 Å². The summed E-state index contributed by atoms with van der Waals surface area (Å²) in [5.74, 6) is 0. The van der Waals surface area contributed by atoms with E-state index in [2.05, 4.69) is 0 Å². The molecule has 0 spiro atoms. The minimum absolute atomic E-state index is 0.618. The second kappa shape index (κ2) is 4.01. The number of sulfone groups is 1. The highest BCUT2D eigenvalue weighted by molar-refractivity contribution is 7.92. The number of alkyl halides is 3. The van der Waals surface area contributed by atoms with Crippen LogP contribution in [0.4, 0.5) is 13.2 Å². The summed E-state index contributed by atoms with van der Waals surface area (Å²) < 4.78 is 59.5. The topological polar surface area (TPSA) is 34.1 Å². The molecule has 2 nitrogen and oxygen atoms in total. The molecule has 0 atom stereocenters. The van der Waals surface area contributed by atoms with Crippen LogP contribution in [-0.2, 0) is 16.3 Å². The van der Waals surface area contributed by atoms with Crippen LogP contribution in [-0.4, -0.2) is 13.9 Å². The third-order valence-electron chi connectivity index (χ3n) is 2.74. The average Bonchev–Trinajstić information content (AvgIpc) is 2.27. The van der Waals surface area contributed by atoms with Gasteiger partial charge in [-0.2, -0.15) is 13.2 Å². The number of rotatable bonds is 1. The van der Waals surface area contributed by atoms with Gasteiger partial charge >= 0.3 is 5.51 Å². The summed E-state index contributed by atoms with van der Waals surface area (Å²) in [6.45, 7) is 0. The van der Waals surface area contributed by atoms with Gasteiger partial charge in [0, 0.05) is 0 Å². The van der Waals surface area contributed by atoms with Gasteiger partial charge in [0.2, 0.25) is 0 Å². The van der Waals surface area contributed by atoms with Crippen molar-refractivity contribution in [3.63, 3.8) is 0 Å². The summed E-state index contributed by atoms with van der Waals surface area (Å²) in [6, 6.07) is 3.59. The van der Waals surface area contributed by atoms with E-state index in [1.807, 2.05) is 6.42 Å². The van der Waals surface area contributed by atoms with Crippen LogP contribution in [0.15, 0.2) is 23.1 Å². The van der Waals surface area contributed by atoms with Gasteiger partial charge in [0.15, 0.2) is 0 Å². The molecule has 0 saturated carbocycles. The van der Waals surface area contributed by atoms with Crippen LogP contribution in [0.1, 0.15) is 24.0 Å². The van der Waals surface area contributed by atoms with Crippen LogP contribution in [0.5, 0.6) is 0 Å². The standard InChI is InChI=1S/C11H10F3O2S/c12-11(13,14)17(15,16)10-6-5-8-3-1-2-4-9(8)7-10/h3,5-7H,1-2,4H2. The summed E-state index contributed by atoms with van der Waals surface area (Å²) in [5, 5.41) is 0. The van der Waals surface area contributed by atoms with Crippen molar-refractivity contribution in [2.24, 2.45) is 0 Å².